The molecule has 5 nitrogen and oxygen atoms in total. The van der Waals surface area contributed by atoms with Crippen molar-refractivity contribution >= 4 is 27.3 Å². The van der Waals surface area contributed by atoms with Crippen LogP contribution in [0.5, 0.6) is 0 Å². The highest BCUT2D eigenvalue weighted by Crippen LogP contribution is 2.24. The van der Waals surface area contributed by atoms with Crippen molar-refractivity contribution in [2.24, 2.45) is 0 Å². The molecule has 0 saturated carbocycles. The molecule has 0 bridgehead atoms. The van der Waals surface area contributed by atoms with E-state index < -0.39 is 27.6 Å². The largest absolute Gasteiger partial charge is 0.326 e. The lowest BCUT2D eigenvalue weighted by atomic mass is 10.1. The Kier molecular flexibility index (Phi) is 6.54. The zero-order chi connectivity index (χ0) is 20.2. The molecule has 146 valence electrons. The molecule has 0 fully saturated rings. The number of carbonyl (C=O) groups excluding carboxylic acids is 1. The second kappa shape index (κ2) is 8.47. The highest BCUT2D eigenvalue weighted by molar-refractivity contribution is 7.92. The summed E-state index contributed by atoms with van der Waals surface area (Å²) in [5.41, 5.74) is 2.48. The number of carbonyl (C=O) groups is 1. The maximum Gasteiger partial charge on any atom is 0.232 e. The van der Waals surface area contributed by atoms with E-state index >= 15 is 0 Å². The van der Waals surface area contributed by atoms with E-state index in [9.17, 15) is 22.0 Å². The average molecular weight is 396 g/mol. The smallest absolute Gasteiger partial charge is 0.232 e. The van der Waals surface area contributed by atoms with Gasteiger partial charge >= 0.3 is 0 Å². The number of amides is 1. The summed E-state index contributed by atoms with van der Waals surface area (Å²) in [5.74, 6) is -2.45. The summed E-state index contributed by atoms with van der Waals surface area (Å²) >= 11 is 0. The van der Waals surface area contributed by atoms with E-state index in [-0.39, 0.29) is 25.1 Å². The molecule has 2 aromatic carbocycles. The van der Waals surface area contributed by atoms with Gasteiger partial charge in [-0.25, -0.2) is 17.2 Å². The molecule has 1 amide bonds. The van der Waals surface area contributed by atoms with Crippen LogP contribution in [0.15, 0.2) is 36.4 Å². The fourth-order valence-corrected chi connectivity index (χ4v) is 3.65. The molecule has 27 heavy (non-hydrogen) atoms. The van der Waals surface area contributed by atoms with Crippen LogP contribution in [0.3, 0.4) is 0 Å². The topological polar surface area (TPSA) is 66.5 Å². The standard InChI is InChI=1S/C19H22F2N2O3S/c1-13-6-7-14(2)18(11-13)23(27(3,25)26)10-4-5-19(24)22-15-8-9-16(20)17(21)12-15/h6-9,11-12H,4-5,10H2,1-3H3,(H,22,24). The lowest BCUT2D eigenvalue weighted by molar-refractivity contribution is -0.116. The number of benzene rings is 2. The predicted octanol–water partition coefficient (Wildman–Crippen LogP) is 3.77. The van der Waals surface area contributed by atoms with Gasteiger partial charge in [0.15, 0.2) is 11.6 Å². The summed E-state index contributed by atoms with van der Waals surface area (Å²) in [6.07, 6.45) is 1.43. The second-order valence-corrected chi connectivity index (χ2v) is 8.31. The van der Waals surface area contributed by atoms with Gasteiger partial charge in [-0.2, -0.15) is 0 Å². The van der Waals surface area contributed by atoms with E-state index in [1.165, 1.54) is 10.4 Å². The molecule has 0 aliphatic heterocycles. The van der Waals surface area contributed by atoms with Gasteiger partial charge in [-0.05, 0) is 49.6 Å². The van der Waals surface area contributed by atoms with Gasteiger partial charge in [-0.3, -0.25) is 9.10 Å². The van der Waals surface area contributed by atoms with Crippen molar-refractivity contribution < 1.29 is 22.0 Å². The minimum absolute atomic E-state index is 0.0376. The van der Waals surface area contributed by atoms with Crippen molar-refractivity contribution in [2.75, 3.05) is 22.4 Å². The molecule has 0 aromatic heterocycles. The second-order valence-electron chi connectivity index (χ2n) is 6.41. The predicted molar refractivity (Wildman–Crippen MR) is 102 cm³/mol. The van der Waals surface area contributed by atoms with E-state index in [1.54, 1.807) is 6.07 Å². The van der Waals surface area contributed by atoms with Crippen molar-refractivity contribution in [2.45, 2.75) is 26.7 Å². The molecular weight excluding hydrogens is 374 g/mol. The number of anilines is 2. The monoisotopic (exact) mass is 396 g/mol. The summed E-state index contributed by atoms with van der Waals surface area (Å²) in [5, 5.41) is 2.47. The van der Waals surface area contributed by atoms with Gasteiger partial charge in [0.1, 0.15) is 0 Å². The van der Waals surface area contributed by atoms with Crippen LogP contribution in [0.4, 0.5) is 20.2 Å². The summed E-state index contributed by atoms with van der Waals surface area (Å²) in [6, 6.07) is 8.61. The first-order chi connectivity index (χ1) is 12.6. The summed E-state index contributed by atoms with van der Waals surface area (Å²) in [6.45, 7) is 3.83. The molecule has 0 spiro atoms. The Balaban J connectivity index is 2.02. The molecule has 0 aliphatic rings. The van der Waals surface area contributed by atoms with Gasteiger partial charge in [0, 0.05) is 24.7 Å². The van der Waals surface area contributed by atoms with Crippen LogP contribution in [0.25, 0.3) is 0 Å². The first-order valence-electron chi connectivity index (χ1n) is 8.38. The minimum atomic E-state index is -3.51. The lowest BCUT2D eigenvalue weighted by Crippen LogP contribution is -2.32. The Bertz CT molecular complexity index is 946. The highest BCUT2D eigenvalue weighted by atomic mass is 32.2. The summed E-state index contributed by atoms with van der Waals surface area (Å²) < 4.78 is 51.7. The van der Waals surface area contributed by atoms with Crippen molar-refractivity contribution in [1.29, 1.82) is 0 Å². The molecular formula is C19H22F2N2O3S. The Morgan fingerprint density at radius 3 is 2.41 bits per heavy atom. The van der Waals surface area contributed by atoms with Crippen molar-refractivity contribution in [3.8, 4) is 0 Å². The first-order valence-corrected chi connectivity index (χ1v) is 10.2. The maximum absolute atomic E-state index is 13.2. The van der Waals surface area contributed by atoms with Crippen LogP contribution in [0, 0.1) is 25.5 Å². The zero-order valence-electron chi connectivity index (χ0n) is 15.4. The highest BCUT2D eigenvalue weighted by Gasteiger charge is 2.19. The Morgan fingerprint density at radius 1 is 1.07 bits per heavy atom. The third-order valence-electron chi connectivity index (χ3n) is 4.00. The van der Waals surface area contributed by atoms with Gasteiger partial charge < -0.3 is 5.32 Å². The van der Waals surface area contributed by atoms with Crippen LogP contribution in [-0.2, 0) is 14.8 Å². The molecule has 2 aromatic rings. The summed E-state index contributed by atoms with van der Waals surface area (Å²) in [7, 11) is -3.51. The first kappa shape index (κ1) is 20.8. The number of hydrogen-bond acceptors (Lipinski definition) is 3. The van der Waals surface area contributed by atoms with Crippen LogP contribution in [-0.4, -0.2) is 27.1 Å². The van der Waals surface area contributed by atoms with Gasteiger partial charge in [0.25, 0.3) is 0 Å². The number of halogens is 2. The van der Waals surface area contributed by atoms with E-state index in [1.807, 2.05) is 26.0 Å². The molecule has 0 aliphatic carbocycles. The van der Waals surface area contributed by atoms with E-state index in [0.717, 1.165) is 29.5 Å². The molecule has 2 rings (SSSR count). The molecule has 0 atom stereocenters. The van der Waals surface area contributed by atoms with Crippen molar-refractivity contribution in [1.82, 2.24) is 0 Å². The molecule has 1 N–H and O–H groups in total. The number of nitrogens with zero attached hydrogens (tertiary/aromatic N) is 1. The van der Waals surface area contributed by atoms with Crippen molar-refractivity contribution in [3.63, 3.8) is 0 Å². The third-order valence-corrected chi connectivity index (χ3v) is 5.18. The number of nitrogens with one attached hydrogen (secondary N) is 1. The molecule has 0 unspecified atom stereocenters. The zero-order valence-corrected chi connectivity index (χ0v) is 16.2. The third kappa shape index (κ3) is 5.75. The summed E-state index contributed by atoms with van der Waals surface area (Å²) in [4.78, 5) is 12.0. The fourth-order valence-electron chi connectivity index (χ4n) is 2.63. The van der Waals surface area contributed by atoms with Crippen LogP contribution in [0.2, 0.25) is 0 Å². The van der Waals surface area contributed by atoms with Gasteiger partial charge in [0.2, 0.25) is 15.9 Å². The van der Waals surface area contributed by atoms with Gasteiger partial charge in [-0.15, -0.1) is 0 Å². The van der Waals surface area contributed by atoms with Crippen LogP contribution < -0.4 is 9.62 Å². The van der Waals surface area contributed by atoms with E-state index in [4.69, 9.17) is 0 Å². The average Bonchev–Trinajstić information content (AvgIpc) is 2.56. The maximum atomic E-state index is 13.2. The number of hydrogen-bond donors (Lipinski definition) is 1. The van der Waals surface area contributed by atoms with Crippen LogP contribution in [0.1, 0.15) is 24.0 Å². The van der Waals surface area contributed by atoms with Crippen LogP contribution >= 0.6 is 0 Å². The number of aryl methyl sites for hydroxylation is 2. The Labute approximate surface area is 158 Å². The van der Waals surface area contributed by atoms with Gasteiger partial charge in [-0.1, -0.05) is 12.1 Å². The minimum Gasteiger partial charge on any atom is -0.326 e. The van der Waals surface area contributed by atoms with Gasteiger partial charge in [0.05, 0.1) is 11.9 Å². The quantitative estimate of drug-likeness (QED) is 0.775. The molecule has 0 heterocycles. The van der Waals surface area contributed by atoms with E-state index in [2.05, 4.69) is 5.32 Å². The number of sulfonamides is 1. The Morgan fingerprint density at radius 2 is 1.78 bits per heavy atom. The molecule has 8 heteroatoms. The molecule has 0 saturated heterocycles. The normalized spacial score (nSPS) is 11.3. The fraction of sp³-hybridized carbons (Fsp3) is 0.316. The SMILES string of the molecule is Cc1ccc(C)c(N(CCCC(=O)Nc2ccc(F)c(F)c2)S(C)(=O)=O)c1. The van der Waals surface area contributed by atoms with E-state index in [0.29, 0.717) is 5.69 Å². The molecule has 0 radical (unpaired) electrons. The Hall–Kier alpha value is -2.48. The lowest BCUT2D eigenvalue weighted by Gasteiger charge is -2.24. The number of rotatable bonds is 7. The van der Waals surface area contributed by atoms with Crippen molar-refractivity contribution in [3.05, 3.63) is 59.2 Å².